The van der Waals surface area contributed by atoms with Crippen LogP contribution in [-0.4, -0.2) is 32.6 Å². The molecule has 4 nitrogen and oxygen atoms in total. The van der Waals surface area contributed by atoms with Crippen molar-refractivity contribution < 1.29 is 19.0 Å². The molecule has 0 saturated heterocycles. The van der Waals surface area contributed by atoms with Gasteiger partial charge in [0, 0.05) is 20.1 Å². The molecule has 192 valence electrons. The third-order valence-electron chi connectivity index (χ3n) is 11.0. The first-order valence-electron chi connectivity index (χ1n) is 13.8. The van der Waals surface area contributed by atoms with E-state index in [1.807, 2.05) is 30.3 Å². The van der Waals surface area contributed by atoms with Gasteiger partial charge in [0.25, 0.3) is 0 Å². The Bertz CT molecular complexity index is 923. The lowest BCUT2D eigenvalue weighted by Gasteiger charge is -2.59. The Morgan fingerprint density at radius 1 is 0.914 bits per heavy atom. The van der Waals surface area contributed by atoms with Crippen LogP contribution in [-0.2, 0) is 14.2 Å². The smallest absolute Gasteiger partial charge is 0.338 e. The van der Waals surface area contributed by atoms with Gasteiger partial charge in [-0.1, -0.05) is 51.1 Å². The third kappa shape index (κ3) is 4.19. The normalized spacial score (nSPS) is 41.1. The first kappa shape index (κ1) is 25.0. The second kappa shape index (κ2) is 9.67. The van der Waals surface area contributed by atoms with Crippen LogP contribution >= 0.6 is 0 Å². The number of ether oxygens (including phenoxy) is 3. The molecule has 3 fully saturated rings. The molecular formula is C31H44O4. The standard InChI is InChI=1S/C31H44O4/c1-20(29(33-4)34-5)25-13-14-26-24-12-11-22-19-23(35-28(32)21-9-7-6-8-10-21)15-17-30(22,2)27(24)16-18-31(25,26)3/h6-12,20,22-27,29H,13-19H2,1-5H3/t20?,22-,23-,24-,25+,26-,27-,30-,31+/m0/s1. The monoisotopic (exact) mass is 480 g/mol. The van der Waals surface area contributed by atoms with Crippen molar-refractivity contribution in [2.24, 2.45) is 46.3 Å². The number of benzene rings is 1. The number of carbonyl (C=O) groups is 1. The molecule has 35 heavy (non-hydrogen) atoms. The van der Waals surface area contributed by atoms with Gasteiger partial charge in [-0.15, -0.1) is 0 Å². The van der Waals surface area contributed by atoms with Crippen molar-refractivity contribution >= 4 is 5.97 Å². The highest BCUT2D eigenvalue weighted by Gasteiger charge is 2.60. The number of hydrogen-bond donors (Lipinski definition) is 0. The molecule has 1 aromatic carbocycles. The maximum atomic E-state index is 12.7. The first-order valence-corrected chi connectivity index (χ1v) is 13.8. The molecule has 1 aromatic rings. The lowest BCUT2D eigenvalue weighted by atomic mass is 9.46. The Labute approximate surface area is 211 Å². The molecule has 3 saturated carbocycles. The molecule has 0 bridgehead atoms. The van der Waals surface area contributed by atoms with E-state index in [4.69, 9.17) is 14.2 Å². The summed E-state index contributed by atoms with van der Waals surface area (Å²) in [6.45, 7) is 7.43. The molecule has 9 atom stereocenters. The molecule has 0 aliphatic heterocycles. The molecule has 0 radical (unpaired) electrons. The molecule has 4 aliphatic carbocycles. The van der Waals surface area contributed by atoms with Crippen molar-refractivity contribution in [1.82, 2.24) is 0 Å². The molecule has 0 spiro atoms. The summed E-state index contributed by atoms with van der Waals surface area (Å²) in [7, 11) is 3.54. The Morgan fingerprint density at radius 3 is 2.31 bits per heavy atom. The quantitative estimate of drug-likeness (QED) is 0.252. The van der Waals surface area contributed by atoms with Crippen LogP contribution in [0.15, 0.2) is 42.5 Å². The maximum absolute atomic E-state index is 12.7. The highest BCUT2D eigenvalue weighted by molar-refractivity contribution is 5.89. The van der Waals surface area contributed by atoms with Gasteiger partial charge in [0.2, 0.25) is 0 Å². The van der Waals surface area contributed by atoms with Crippen molar-refractivity contribution in [3.8, 4) is 0 Å². The van der Waals surface area contributed by atoms with Crippen LogP contribution in [0.2, 0.25) is 0 Å². The van der Waals surface area contributed by atoms with E-state index < -0.39 is 0 Å². The number of fused-ring (bicyclic) bond motifs is 5. The summed E-state index contributed by atoms with van der Waals surface area (Å²) in [6, 6.07) is 9.41. The van der Waals surface area contributed by atoms with Crippen LogP contribution in [0.3, 0.4) is 0 Å². The number of methoxy groups -OCH3 is 2. The second-order valence-corrected chi connectivity index (χ2v) is 12.4. The van der Waals surface area contributed by atoms with Crippen molar-refractivity contribution in [2.45, 2.75) is 78.1 Å². The largest absolute Gasteiger partial charge is 0.459 e. The summed E-state index contributed by atoms with van der Waals surface area (Å²) in [5.74, 6) is 3.51. The van der Waals surface area contributed by atoms with E-state index in [9.17, 15) is 4.79 Å². The first-order chi connectivity index (χ1) is 16.8. The van der Waals surface area contributed by atoms with Crippen LogP contribution in [0.4, 0.5) is 0 Å². The third-order valence-corrected chi connectivity index (χ3v) is 11.0. The average Bonchev–Trinajstić information content (AvgIpc) is 3.22. The molecule has 0 heterocycles. The minimum atomic E-state index is -0.179. The Hall–Kier alpha value is -1.65. The minimum Gasteiger partial charge on any atom is -0.459 e. The van der Waals surface area contributed by atoms with Crippen LogP contribution in [0.5, 0.6) is 0 Å². The van der Waals surface area contributed by atoms with Crippen LogP contribution in [0.1, 0.15) is 76.1 Å². The molecule has 0 aromatic heterocycles. The minimum absolute atomic E-state index is 0.0209. The van der Waals surface area contributed by atoms with Gasteiger partial charge in [0.05, 0.1) is 5.56 Å². The van der Waals surface area contributed by atoms with Gasteiger partial charge in [-0.3, -0.25) is 0 Å². The highest BCUT2D eigenvalue weighted by atomic mass is 16.7. The van der Waals surface area contributed by atoms with E-state index in [0.717, 1.165) is 31.1 Å². The molecule has 4 aliphatic rings. The zero-order chi connectivity index (χ0) is 24.8. The molecule has 0 N–H and O–H groups in total. The van der Waals surface area contributed by atoms with Crippen LogP contribution < -0.4 is 0 Å². The summed E-state index contributed by atoms with van der Waals surface area (Å²) in [6.07, 6.45) is 13.3. The fourth-order valence-corrected chi connectivity index (χ4v) is 9.10. The molecule has 1 unspecified atom stereocenters. The fraction of sp³-hybridized carbons (Fsp3) is 0.710. The average molecular weight is 481 g/mol. The van der Waals surface area contributed by atoms with Gasteiger partial charge in [0.15, 0.2) is 6.29 Å². The van der Waals surface area contributed by atoms with Crippen molar-refractivity contribution in [3.63, 3.8) is 0 Å². The van der Waals surface area contributed by atoms with E-state index in [1.165, 1.54) is 25.7 Å². The van der Waals surface area contributed by atoms with Crippen molar-refractivity contribution in [2.75, 3.05) is 14.2 Å². The van der Waals surface area contributed by atoms with Gasteiger partial charge in [0.1, 0.15) is 6.10 Å². The Balaban J connectivity index is 1.30. The van der Waals surface area contributed by atoms with Crippen molar-refractivity contribution in [3.05, 3.63) is 48.0 Å². The lowest BCUT2D eigenvalue weighted by molar-refractivity contribution is -0.161. The van der Waals surface area contributed by atoms with Crippen LogP contribution in [0.25, 0.3) is 0 Å². The Kier molecular flexibility index (Phi) is 6.91. The second-order valence-electron chi connectivity index (χ2n) is 12.4. The summed E-state index contributed by atoms with van der Waals surface area (Å²) >= 11 is 0. The maximum Gasteiger partial charge on any atom is 0.338 e. The van der Waals surface area contributed by atoms with Gasteiger partial charge >= 0.3 is 5.97 Å². The van der Waals surface area contributed by atoms with E-state index in [2.05, 4.69) is 32.9 Å². The fourth-order valence-electron chi connectivity index (χ4n) is 9.10. The predicted octanol–water partition coefficient (Wildman–Crippen LogP) is 6.90. The van der Waals surface area contributed by atoms with Gasteiger partial charge < -0.3 is 14.2 Å². The van der Waals surface area contributed by atoms with Gasteiger partial charge in [-0.05, 0) is 97.5 Å². The summed E-state index contributed by atoms with van der Waals surface area (Å²) in [5, 5.41) is 0. The SMILES string of the molecule is COC(OC)C(C)[C@H]1CC[C@H]2[C@@H]3C=C[C@H]4C[C@@H](OC(=O)c5ccccc5)CC[C@]4(C)[C@H]3CC[C@]12C. The topological polar surface area (TPSA) is 44.8 Å². The number of hydrogen-bond acceptors (Lipinski definition) is 4. The highest BCUT2D eigenvalue weighted by Crippen LogP contribution is 2.67. The molecule has 5 rings (SSSR count). The van der Waals surface area contributed by atoms with Gasteiger partial charge in [-0.25, -0.2) is 4.79 Å². The number of esters is 1. The molecular weight excluding hydrogens is 436 g/mol. The van der Waals surface area contributed by atoms with E-state index in [1.54, 1.807) is 14.2 Å². The summed E-state index contributed by atoms with van der Waals surface area (Å²) in [4.78, 5) is 12.7. The van der Waals surface area contributed by atoms with Gasteiger partial charge in [-0.2, -0.15) is 0 Å². The van der Waals surface area contributed by atoms with E-state index >= 15 is 0 Å². The zero-order valence-electron chi connectivity index (χ0n) is 22.2. The summed E-state index contributed by atoms with van der Waals surface area (Å²) in [5.41, 5.74) is 1.31. The number of carbonyl (C=O) groups excluding carboxylic acids is 1. The van der Waals surface area contributed by atoms with E-state index in [-0.39, 0.29) is 18.4 Å². The van der Waals surface area contributed by atoms with Crippen LogP contribution in [0, 0.1) is 46.3 Å². The Morgan fingerprint density at radius 2 is 1.60 bits per heavy atom. The summed E-state index contributed by atoms with van der Waals surface area (Å²) < 4.78 is 17.4. The predicted molar refractivity (Wildman–Crippen MR) is 138 cm³/mol. The number of allylic oxidation sites excluding steroid dienone is 2. The molecule has 4 heteroatoms. The van der Waals surface area contributed by atoms with Crippen molar-refractivity contribution in [1.29, 1.82) is 0 Å². The van der Waals surface area contributed by atoms with E-state index in [0.29, 0.717) is 40.1 Å². The molecule has 0 amide bonds. The lowest BCUT2D eigenvalue weighted by Crippen LogP contribution is -2.53. The zero-order valence-corrected chi connectivity index (χ0v) is 22.2. The number of rotatable bonds is 6.